The molecular weight excluding hydrogens is 371 g/mol. The number of halogens is 1. The number of carbonyl (C=O) groups excluding carboxylic acids is 1. The van der Waals surface area contributed by atoms with E-state index in [0.717, 1.165) is 9.78 Å². The van der Waals surface area contributed by atoms with Crippen LogP contribution in [0.25, 0.3) is 10.8 Å². The van der Waals surface area contributed by atoms with Gasteiger partial charge in [0.1, 0.15) is 12.4 Å². The SMILES string of the molecule is COCC[NH+](CC(=O)Nc1ccccc1F)Cc1nnc(-c2cccs2)o1. The molecule has 7 nitrogen and oxygen atoms in total. The second kappa shape index (κ2) is 9.36. The van der Waals surface area contributed by atoms with Crippen LogP contribution in [0.1, 0.15) is 5.89 Å². The summed E-state index contributed by atoms with van der Waals surface area (Å²) in [5, 5.41) is 12.6. The van der Waals surface area contributed by atoms with Crippen LogP contribution in [0.3, 0.4) is 0 Å². The molecular formula is C18H20FN4O3S+. The number of rotatable bonds is 9. The van der Waals surface area contributed by atoms with Gasteiger partial charge in [-0.1, -0.05) is 18.2 Å². The maximum Gasteiger partial charge on any atom is 0.279 e. The van der Waals surface area contributed by atoms with Crippen LogP contribution >= 0.6 is 11.3 Å². The number of amides is 1. The Morgan fingerprint density at radius 3 is 2.89 bits per heavy atom. The standard InChI is InChI=1S/C18H19FN4O3S/c1-25-9-8-23(11-16(24)20-14-6-3-2-5-13(14)19)12-17-21-22-18(26-17)15-7-4-10-27-15/h2-7,10H,8-9,11-12H2,1H3,(H,20,24)/p+1. The van der Waals surface area contributed by atoms with Gasteiger partial charge in [-0.05, 0) is 23.6 Å². The Bertz CT molecular complexity index is 869. The second-order valence-electron chi connectivity index (χ2n) is 5.85. The Labute approximate surface area is 159 Å². The van der Waals surface area contributed by atoms with Gasteiger partial charge in [0.15, 0.2) is 13.1 Å². The van der Waals surface area contributed by atoms with Gasteiger partial charge in [0, 0.05) is 7.11 Å². The van der Waals surface area contributed by atoms with Crippen LogP contribution in [0.2, 0.25) is 0 Å². The van der Waals surface area contributed by atoms with Crippen LogP contribution in [0.5, 0.6) is 0 Å². The van der Waals surface area contributed by atoms with Crippen LogP contribution < -0.4 is 10.2 Å². The fourth-order valence-corrected chi connectivity index (χ4v) is 3.15. The quantitative estimate of drug-likeness (QED) is 0.579. The molecule has 2 aromatic heterocycles. The first-order chi connectivity index (χ1) is 13.2. The van der Waals surface area contributed by atoms with E-state index in [2.05, 4.69) is 15.5 Å². The largest absolute Gasteiger partial charge is 0.414 e. The highest BCUT2D eigenvalue weighted by Gasteiger charge is 2.20. The van der Waals surface area contributed by atoms with Crippen LogP contribution in [0.15, 0.2) is 46.2 Å². The molecule has 1 aromatic carbocycles. The van der Waals surface area contributed by atoms with Gasteiger partial charge < -0.3 is 19.4 Å². The highest BCUT2D eigenvalue weighted by atomic mass is 32.1. The van der Waals surface area contributed by atoms with E-state index in [0.29, 0.717) is 31.5 Å². The molecule has 0 saturated heterocycles. The third-order valence-electron chi connectivity index (χ3n) is 3.82. The fraction of sp³-hybridized carbons (Fsp3) is 0.278. The van der Waals surface area contributed by atoms with E-state index in [1.165, 1.54) is 23.5 Å². The zero-order chi connectivity index (χ0) is 19.1. The van der Waals surface area contributed by atoms with Gasteiger partial charge in [-0.15, -0.1) is 21.5 Å². The molecule has 0 fully saturated rings. The Balaban J connectivity index is 1.63. The topological polar surface area (TPSA) is 81.7 Å². The molecule has 0 aliphatic carbocycles. The zero-order valence-corrected chi connectivity index (χ0v) is 15.6. The average Bonchev–Trinajstić information content (AvgIpc) is 3.33. The molecule has 3 rings (SSSR count). The van der Waals surface area contributed by atoms with Crippen LogP contribution in [-0.4, -0.2) is 42.9 Å². The molecule has 3 aromatic rings. The van der Waals surface area contributed by atoms with Gasteiger partial charge in [-0.25, -0.2) is 4.39 Å². The van der Waals surface area contributed by atoms with Gasteiger partial charge in [0.25, 0.3) is 17.7 Å². The van der Waals surface area contributed by atoms with Gasteiger partial charge in [0.2, 0.25) is 0 Å². The van der Waals surface area contributed by atoms with Crippen molar-refractivity contribution < 1.29 is 23.2 Å². The Morgan fingerprint density at radius 1 is 1.30 bits per heavy atom. The van der Waals surface area contributed by atoms with E-state index in [1.807, 2.05) is 17.5 Å². The van der Waals surface area contributed by atoms with Crippen molar-refractivity contribution in [1.29, 1.82) is 0 Å². The van der Waals surface area contributed by atoms with Crippen molar-refractivity contribution in [3.63, 3.8) is 0 Å². The molecule has 1 unspecified atom stereocenters. The van der Waals surface area contributed by atoms with Crippen molar-refractivity contribution in [2.45, 2.75) is 6.54 Å². The summed E-state index contributed by atoms with van der Waals surface area (Å²) in [5.41, 5.74) is 0.159. The lowest BCUT2D eigenvalue weighted by Crippen LogP contribution is -3.12. The molecule has 0 bridgehead atoms. The number of anilines is 1. The predicted octanol–water partition coefficient (Wildman–Crippen LogP) is 1.61. The summed E-state index contributed by atoms with van der Waals surface area (Å²) >= 11 is 1.51. The minimum absolute atomic E-state index is 0.119. The lowest BCUT2D eigenvalue weighted by Gasteiger charge is -2.17. The molecule has 27 heavy (non-hydrogen) atoms. The Morgan fingerprint density at radius 2 is 2.15 bits per heavy atom. The molecule has 0 spiro atoms. The number of methoxy groups -OCH3 is 1. The first kappa shape index (κ1) is 19.2. The number of benzene rings is 1. The van der Waals surface area contributed by atoms with Gasteiger partial charge >= 0.3 is 0 Å². The molecule has 9 heteroatoms. The zero-order valence-electron chi connectivity index (χ0n) is 14.8. The number of nitrogens with zero attached hydrogens (tertiary/aromatic N) is 2. The number of nitrogens with one attached hydrogen (secondary N) is 2. The summed E-state index contributed by atoms with van der Waals surface area (Å²) in [6.45, 7) is 1.52. The van der Waals surface area contributed by atoms with E-state index in [4.69, 9.17) is 9.15 Å². The third kappa shape index (κ3) is 5.43. The maximum atomic E-state index is 13.7. The average molecular weight is 391 g/mol. The number of ether oxygens (including phenoxy) is 1. The van der Waals surface area contributed by atoms with Crippen LogP contribution in [0, 0.1) is 5.82 Å². The van der Waals surface area contributed by atoms with Gasteiger partial charge in [-0.2, -0.15) is 0 Å². The Kier molecular flexibility index (Phi) is 6.64. The van der Waals surface area contributed by atoms with E-state index < -0.39 is 5.82 Å². The van der Waals surface area contributed by atoms with Crippen LogP contribution in [-0.2, 0) is 16.1 Å². The number of aromatic nitrogens is 2. The van der Waals surface area contributed by atoms with Crippen molar-refractivity contribution in [3.8, 4) is 10.8 Å². The summed E-state index contributed by atoms with van der Waals surface area (Å²) in [6, 6.07) is 9.87. The second-order valence-corrected chi connectivity index (χ2v) is 6.80. The van der Waals surface area contributed by atoms with Crippen molar-refractivity contribution >= 4 is 22.9 Å². The highest BCUT2D eigenvalue weighted by Crippen LogP contribution is 2.22. The van der Waals surface area contributed by atoms with E-state index in [1.54, 1.807) is 19.2 Å². The number of hydrogen-bond donors (Lipinski definition) is 2. The van der Waals surface area contributed by atoms with E-state index in [-0.39, 0.29) is 18.1 Å². The van der Waals surface area contributed by atoms with Gasteiger partial charge in [-0.3, -0.25) is 4.79 Å². The summed E-state index contributed by atoms with van der Waals surface area (Å²) in [4.78, 5) is 14.1. The molecule has 142 valence electrons. The molecule has 0 aliphatic heterocycles. The Hall–Kier alpha value is -2.62. The molecule has 1 atom stereocenters. The molecule has 0 saturated carbocycles. The van der Waals surface area contributed by atoms with Crippen molar-refractivity contribution in [2.75, 3.05) is 32.1 Å². The van der Waals surface area contributed by atoms with Crippen molar-refractivity contribution in [1.82, 2.24) is 10.2 Å². The fourth-order valence-electron chi connectivity index (χ4n) is 2.51. The minimum atomic E-state index is -0.471. The number of para-hydroxylation sites is 1. The lowest BCUT2D eigenvalue weighted by atomic mass is 10.3. The molecule has 2 heterocycles. The highest BCUT2D eigenvalue weighted by molar-refractivity contribution is 7.13. The number of quaternary nitrogens is 1. The van der Waals surface area contributed by atoms with E-state index >= 15 is 0 Å². The third-order valence-corrected chi connectivity index (χ3v) is 4.68. The summed E-state index contributed by atoms with van der Waals surface area (Å²) in [5.74, 6) is 0.121. The summed E-state index contributed by atoms with van der Waals surface area (Å²) in [7, 11) is 1.60. The number of carbonyl (C=O) groups is 1. The minimum Gasteiger partial charge on any atom is -0.414 e. The van der Waals surface area contributed by atoms with Crippen molar-refractivity contribution in [3.05, 3.63) is 53.5 Å². The molecule has 1 amide bonds. The first-order valence-corrected chi connectivity index (χ1v) is 9.27. The predicted molar refractivity (Wildman–Crippen MR) is 98.9 cm³/mol. The summed E-state index contributed by atoms with van der Waals surface area (Å²) < 4.78 is 24.5. The number of hydrogen-bond acceptors (Lipinski definition) is 6. The first-order valence-electron chi connectivity index (χ1n) is 8.39. The number of thiophene rings is 1. The smallest absolute Gasteiger partial charge is 0.279 e. The maximum absolute atomic E-state index is 13.7. The van der Waals surface area contributed by atoms with Crippen LogP contribution in [0.4, 0.5) is 10.1 Å². The molecule has 0 radical (unpaired) electrons. The van der Waals surface area contributed by atoms with Gasteiger partial charge in [0.05, 0.1) is 17.2 Å². The lowest BCUT2D eigenvalue weighted by molar-refractivity contribution is -0.907. The summed E-state index contributed by atoms with van der Waals surface area (Å²) in [6.07, 6.45) is 0. The molecule has 2 N–H and O–H groups in total. The van der Waals surface area contributed by atoms with Crippen molar-refractivity contribution in [2.24, 2.45) is 0 Å². The normalized spacial score (nSPS) is 12.1. The monoisotopic (exact) mass is 391 g/mol. The van der Waals surface area contributed by atoms with E-state index in [9.17, 15) is 9.18 Å². The molecule has 0 aliphatic rings.